The Bertz CT molecular complexity index is 418. The van der Waals surface area contributed by atoms with E-state index in [0.29, 0.717) is 17.1 Å². The monoisotopic (exact) mass is 271 g/mol. The van der Waals surface area contributed by atoms with E-state index in [1.807, 2.05) is 6.92 Å². The topological polar surface area (TPSA) is 61.6 Å². The molecule has 0 bridgehead atoms. The Morgan fingerprint density at radius 1 is 1.53 bits per heavy atom. The SMILES string of the molecule is CC(N)c1c(Br)cc(C=O)c2c1OCO2. The van der Waals surface area contributed by atoms with Gasteiger partial charge >= 0.3 is 0 Å². The third-order valence-electron chi connectivity index (χ3n) is 2.24. The summed E-state index contributed by atoms with van der Waals surface area (Å²) in [7, 11) is 0. The molecule has 2 N–H and O–H groups in total. The summed E-state index contributed by atoms with van der Waals surface area (Å²) in [6, 6.07) is 1.51. The van der Waals surface area contributed by atoms with E-state index in [4.69, 9.17) is 15.2 Å². The van der Waals surface area contributed by atoms with Crippen molar-refractivity contribution in [2.24, 2.45) is 5.73 Å². The normalized spacial score (nSPS) is 15.1. The van der Waals surface area contributed by atoms with Crippen LogP contribution in [0.2, 0.25) is 0 Å². The molecule has 1 aromatic carbocycles. The van der Waals surface area contributed by atoms with Gasteiger partial charge in [0.25, 0.3) is 0 Å². The molecule has 0 aliphatic carbocycles. The van der Waals surface area contributed by atoms with Crippen LogP contribution >= 0.6 is 15.9 Å². The fourth-order valence-corrected chi connectivity index (χ4v) is 2.38. The Labute approximate surface area is 95.5 Å². The number of benzene rings is 1. The van der Waals surface area contributed by atoms with Gasteiger partial charge < -0.3 is 15.2 Å². The van der Waals surface area contributed by atoms with Crippen molar-refractivity contribution in [2.75, 3.05) is 6.79 Å². The molecule has 0 fully saturated rings. The van der Waals surface area contributed by atoms with Gasteiger partial charge in [0.05, 0.1) is 5.56 Å². The number of halogens is 1. The molecule has 0 spiro atoms. The molecule has 0 saturated carbocycles. The van der Waals surface area contributed by atoms with Gasteiger partial charge in [-0.25, -0.2) is 0 Å². The highest BCUT2D eigenvalue weighted by Gasteiger charge is 2.25. The van der Waals surface area contributed by atoms with Crippen LogP contribution in [0, 0.1) is 0 Å². The zero-order valence-electron chi connectivity index (χ0n) is 8.12. The number of nitrogens with two attached hydrogens (primary N) is 1. The third kappa shape index (κ3) is 1.61. The van der Waals surface area contributed by atoms with Gasteiger partial charge in [-0.3, -0.25) is 4.79 Å². The van der Waals surface area contributed by atoms with E-state index in [9.17, 15) is 4.79 Å². The zero-order valence-corrected chi connectivity index (χ0v) is 9.71. The van der Waals surface area contributed by atoms with E-state index >= 15 is 0 Å². The van der Waals surface area contributed by atoms with E-state index < -0.39 is 0 Å². The highest BCUT2D eigenvalue weighted by molar-refractivity contribution is 9.10. The Balaban J connectivity index is 2.68. The van der Waals surface area contributed by atoms with E-state index in [2.05, 4.69) is 15.9 Å². The van der Waals surface area contributed by atoms with Crippen molar-refractivity contribution in [2.45, 2.75) is 13.0 Å². The van der Waals surface area contributed by atoms with Crippen molar-refractivity contribution in [3.8, 4) is 11.5 Å². The standard InChI is InChI=1S/C10H10BrNO3/c1-5(12)8-7(11)2-6(3-13)9-10(8)15-4-14-9/h2-3,5H,4,12H2,1H3. The second-order valence-electron chi connectivity index (χ2n) is 3.33. The molecule has 1 heterocycles. The van der Waals surface area contributed by atoms with Gasteiger partial charge in [0.2, 0.25) is 6.79 Å². The second kappa shape index (κ2) is 3.83. The van der Waals surface area contributed by atoms with E-state index in [-0.39, 0.29) is 12.8 Å². The lowest BCUT2D eigenvalue weighted by atomic mass is 10.0. The third-order valence-corrected chi connectivity index (χ3v) is 2.90. The lowest BCUT2D eigenvalue weighted by Gasteiger charge is -2.12. The van der Waals surface area contributed by atoms with Gasteiger partial charge in [0.15, 0.2) is 17.8 Å². The lowest BCUT2D eigenvalue weighted by Crippen LogP contribution is -2.07. The first-order valence-corrected chi connectivity index (χ1v) is 5.27. The average molecular weight is 272 g/mol. The van der Waals surface area contributed by atoms with Gasteiger partial charge in [0.1, 0.15) is 0 Å². The Morgan fingerprint density at radius 2 is 2.20 bits per heavy atom. The summed E-state index contributed by atoms with van der Waals surface area (Å²) >= 11 is 3.37. The number of carbonyl (C=O) groups excluding carboxylic acids is 1. The summed E-state index contributed by atoms with van der Waals surface area (Å²) in [5, 5.41) is 0. The van der Waals surface area contributed by atoms with Crippen LogP contribution in [0.1, 0.15) is 28.9 Å². The largest absolute Gasteiger partial charge is 0.453 e. The van der Waals surface area contributed by atoms with Crippen LogP contribution in [0.25, 0.3) is 0 Å². The maximum absolute atomic E-state index is 10.8. The quantitative estimate of drug-likeness (QED) is 0.836. The number of ether oxygens (including phenoxy) is 2. The Morgan fingerprint density at radius 3 is 2.80 bits per heavy atom. The van der Waals surface area contributed by atoms with Gasteiger partial charge in [-0.1, -0.05) is 15.9 Å². The smallest absolute Gasteiger partial charge is 0.231 e. The van der Waals surface area contributed by atoms with Crippen LogP contribution in [0.4, 0.5) is 0 Å². The van der Waals surface area contributed by atoms with Gasteiger partial charge in [0, 0.05) is 16.1 Å². The summed E-state index contributed by atoms with van der Waals surface area (Å²) in [6.07, 6.45) is 0.739. The maximum Gasteiger partial charge on any atom is 0.231 e. The number of aldehydes is 1. The first-order chi connectivity index (χ1) is 7.15. The molecule has 0 saturated heterocycles. The van der Waals surface area contributed by atoms with Crippen LogP contribution in [0.5, 0.6) is 11.5 Å². The van der Waals surface area contributed by atoms with Crippen molar-refractivity contribution in [1.82, 2.24) is 0 Å². The van der Waals surface area contributed by atoms with Gasteiger partial charge in [-0.2, -0.15) is 0 Å². The first-order valence-electron chi connectivity index (χ1n) is 4.48. The molecule has 1 aliphatic heterocycles. The minimum Gasteiger partial charge on any atom is -0.453 e. The molecule has 0 radical (unpaired) electrons. The van der Waals surface area contributed by atoms with Crippen molar-refractivity contribution in [3.05, 3.63) is 21.7 Å². The van der Waals surface area contributed by atoms with Crippen LogP contribution < -0.4 is 15.2 Å². The second-order valence-corrected chi connectivity index (χ2v) is 4.19. The summed E-state index contributed by atoms with van der Waals surface area (Å²) in [5.74, 6) is 1.06. The predicted molar refractivity (Wildman–Crippen MR) is 58.3 cm³/mol. The number of hydrogen-bond donors (Lipinski definition) is 1. The van der Waals surface area contributed by atoms with Crippen LogP contribution in [0.3, 0.4) is 0 Å². The minimum atomic E-state index is -0.185. The summed E-state index contributed by atoms with van der Waals surface area (Å²) in [5.41, 5.74) is 7.12. The molecule has 15 heavy (non-hydrogen) atoms. The van der Waals surface area contributed by atoms with E-state index in [0.717, 1.165) is 16.3 Å². The van der Waals surface area contributed by atoms with Gasteiger partial charge in [-0.05, 0) is 13.0 Å². The van der Waals surface area contributed by atoms with Crippen LogP contribution in [0.15, 0.2) is 10.5 Å². The van der Waals surface area contributed by atoms with Gasteiger partial charge in [-0.15, -0.1) is 0 Å². The van der Waals surface area contributed by atoms with Crippen molar-refractivity contribution in [3.63, 3.8) is 0 Å². The minimum absolute atomic E-state index is 0.131. The average Bonchev–Trinajstić information content (AvgIpc) is 2.63. The maximum atomic E-state index is 10.8. The predicted octanol–water partition coefficient (Wildman–Crippen LogP) is 2.01. The highest BCUT2D eigenvalue weighted by Crippen LogP contribution is 2.44. The van der Waals surface area contributed by atoms with Crippen molar-refractivity contribution in [1.29, 1.82) is 0 Å². The molecule has 2 rings (SSSR count). The zero-order chi connectivity index (χ0) is 11.0. The van der Waals surface area contributed by atoms with E-state index in [1.165, 1.54) is 0 Å². The Hall–Kier alpha value is -1.07. The first kappa shape index (κ1) is 10.4. The number of hydrogen-bond acceptors (Lipinski definition) is 4. The molecule has 4 nitrogen and oxygen atoms in total. The summed E-state index contributed by atoms with van der Waals surface area (Å²) in [6.45, 7) is 1.98. The fourth-order valence-electron chi connectivity index (χ4n) is 1.59. The molecule has 1 unspecified atom stereocenters. The number of carbonyl (C=O) groups is 1. The molecule has 5 heteroatoms. The van der Waals surface area contributed by atoms with E-state index in [1.54, 1.807) is 6.07 Å². The highest BCUT2D eigenvalue weighted by atomic mass is 79.9. The molecular formula is C10H10BrNO3. The van der Waals surface area contributed by atoms with Crippen molar-refractivity contribution >= 4 is 22.2 Å². The molecular weight excluding hydrogens is 262 g/mol. The Kier molecular flexibility index (Phi) is 2.67. The number of rotatable bonds is 2. The molecule has 1 atom stereocenters. The van der Waals surface area contributed by atoms with Crippen LogP contribution in [-0.2, 0) is 0 Å². The lowest BCUT2D eigenvalue weighted by molar-refractivity contribution is 0.111. The van der Waals surface area contributed by atoms with Crippen molar-refractivity contribution < 1.29 is 14.3 Å². The molecule has 0 amide bonds. The molecule has 1 aliphatic rings. The molecule has 1 aromatic rings. The fraction of sp³-hybridized carbons (Fsp3) is 0.300. The number of fused-ring (bicyclic) bond motifs is 1. The van der Waals surface area contributed by atoms with Crippen LogP contribution in [-0.4, -0.2) is 13.1 Å². The summed E-state index contributed by atoms with van der Waals surface area (Å²) in [4.78, 5) is 10.8. The summed E-state index contributed by atoms with van der Waals surface area (Å²) < 4.78 is 11.3. The molecule has 0 aromatic heterocycles. The molecule has 80 valence electrons.